The Morgan fingerprint density at radius 3 is 2.73 bits per heavy atom. The van der Waals surface area contributed by atoms with Gasteiger partial charge < -0.3 is 0 Å². The third-order valence-electron chi connectivity index (χ3n) is 7.30. The number of allylic oxidation sites excluding steroid dienone is 1. The minimum absolute atomic E-state index is 0.0657. The van der Waals surface area contributed by atoms with E-state index in [0.29, 0.717) is 37.0 Å². The molecular formula is C18H23BrF2O. The molecule has 0 spiro atoms. The van der Waals surface area contributed by atoms with Crippen molar-refractivity contribution in [3.63, 3.8) is 0 Å². The molecule has 4 aliphatic rings. The number of hydrogen-bond donors (Lipinski definition) is 0. The molecule has 3 fully saturated rings. The van der Waals surface area contributed by atoms with Crippen LogP contribution in [0.1, 0.15) is 51.9 Å². The van der Waals surface area contributed by atoms with Gasteiger partial charge >= 0.3 is 0 Å². The van der Waals surface area contributed by atoms with Crippen molar-refractivity contribution in [2.45, 2.75) is 62.6 Å². The Morgan fingerprint density at radius 1 is 1.18 bits per heavy atom. The van der Waals surface area contributed by atoms with Crippen LogP contribution in [0, 0.1) is 29.1 Å². The molecule has 0 aromatic carbocycles. The van der Waals surface area contributed by atoms with E-state index >= 15 is 0 Å². The van der Waals surface area contributed by atoms with E-state index in [1.807, 2.05) is 13.0 Å². The maximum absolute atomic E-state index is 14.4. The summed E-state index contributed by atoms with van der Waals surface area (Å²) in [5, 5.41) is 0. The van der Waals surface area contributed by atoms with E-state index in [-0.39, 0.29) is 22.9 Å². The Hall–Kier alpha value is -0.250. The van der Waals surface area contributed by atoms with Crippen LogP contribution in [0.2, 0.25) is 0 Å². The SMILES string of the molecule is C[C@]12CC[C@H]3[C@@H](CC(Br)C4=CC(=O)CC[C@@H]43)[C@@H]1CCC2(F)F. The molecule has 4 heteroatoms. The smallest absolute Gasteiger partial charge is 0.253 e. The summed E-state index contributed by atoms with van der Waals surface area (Å²) < 4.78 is 28.9. The van der Waals surface area contributed by atoms with Crippen LogP contribution in [-0.4, -0.2) is 16.5 Å². The van der Waals surface area contributed by atoms with E-state index < -0.39 is 11.3 Å². The van der Waals surface area contributed by atoms with Gasteiger partial charge in [0.2, 0.25) is 0 Å². The molecule has 1 nitrogen and oxygen atoms in total. The summed E-state index contributed by atoms with van der Waals surface area (Å²) in [5.41, 5.74) is 0.456. The zero-order chi connectivity index (χ0) is 15.7. The first-order valence-corrected chi connectivity index (χ1v) is 9.51. The van der Waals surface area contributed by atoms with Gasteiger partial charge in [-0.15, -0.1) is 0 Å². The third-order valence-corrected chi connectivity index (χ3v) is 8.20. The lowest BCUT2D eigenvalue weighted by Crippen LogP contribution is -2.51. The number of hydrogen-bond acceptors (Lipinski definition) is 1. The third kappa shape index (κ3) is 1.94. The molecule has 0 bridgehead atoms. The summed E-state index contributed by atoms with van der Waals surface area (Å²) in [7, 11) is 0. The number of carbonyl (C=O) groups is 1. The highest BCUT2D eigenvalue weighted by Gasteiger charge is 2.64. The van der Waals surface area contributed by atoms with E-state index in [1.54, 1.807) is 0 Å². The lowest BCUT2D eigenvalue weighted by atomic mass is 9.52. The minimum atomic E-state index is -2.50. The molecule has 0 aromatic rings. The topological polar surface area (TPSA) is 17.1 Å². The molecule has 0 heterocycles. The molecule has 0 saturated heterocycles. The van der Waals surface area contributed by atoms with Gasteiger partial charge in [-0.25, -0.2) is 8.78 Å². The van der Waals surface area contributed by atoms with Crippen molar-refractivity contribution in [1.82, 2.24) is 0 Å². The first kappa shape index (κ1) is 15.3. The van der Waals surface area contributed by atoms with Crippen LogP contribution in [0.3, 0.4) is 0 Å². The van der Waals surface area contributed by atoms with E-state index in [4.69, 9.17) is 0 Å². The van der Waals surface area contributed by atoms with Crippen LogP contribution >= 0.6 is 15.9 Å². The standard InChI is InChI=1S/C18H23BrF2O/c1-17-6-4-12-11-3-2-10(22)8-14(11)16(19)9-13(12)15(17)5-7-18(17,20)21/h8,11-13,15-16H,2-7,9H2,1H3/t11-,12-,13-,15+,16?,17+/m1/s1. The molecule has 0 aliphatic heterocycles. The first-order chi connectivity index (χ1) is 10.3. The van der Waals surface area contributed by atoms with Crippen molar-refractivity contribution < 1.29 is 13.6 Å². The van der Waals surface area contributed by atoms with Crippen LogP contribution in [0.25, 0.3) is 0 Å². The molecule has 6 atom stereocenters. The van der Waals surface area contributed by atoms with Crippen molar-refractivity contribution in [2.75, 3.05) is 0 Å². The Balaban J connectivity index is 1.68. The highest BCUT2D eigenvalue weighted by Crippen LogP contribution is 2.66. The molecule has 122 valence electrons. The van der Waals surface area contributed by atoms with Gasteiger partial charge in [0.1, 0.15) is 0 Å². The summed E-state index contributed by atoms with van der Waals surface area (Å²) in [5.74, 6) is -0.752. The van der Waals surface area contributed by atoms with E-state index in [0.717, 1.165) is 19.3 Å². The van der Waals surface area contributed by atoms with E-state index in [9.17, 15) is 13.6 Å². The molecular weight excluding hydrogens is 350 g/mol. The van der Waals surface area contributed by atoms with Crippen LogP contribution in [0.5, 0.6) is 0 Å². The second-order valence-electron chi connectivity index (χ2n) is 8.09. The monoisotopic (exact) mass is 372 g/mol. The predicted octanol–water partition coefficient (Wildman–Crippen LogP) is 5.14. The summed E-state index contributed by atoms with van der Waals surface area (Å²) in [6.45, 7) is 1.83. The molecule has 0 N–H and O–H groups in total. The van der Waals surface area contributed by atoms with Gasteiger partial charge in [-0.05, 0) is 67.4 Å². The fraction of sp³-hybridized carbons (Fsp3) is 0.833. The summed E-state index contributed by atoms with van der Waals surface area (Å²) in [6.07, 6.45) is 6.63. The molecule has 1 unspecified atom stereocenters. The van der Waals surface area contributed by atoms with E-state index in [2.05, 4.69) is 15.9 Å². The second-order valence-corrected chi connectivity index (χ2v) is 9.20. The van der Waals surface area contributed by atoms with Crippen molar-refractivity contribution in [2.24, 2.45) is 29.1 Å². The van der Waals surface area contributed by atoms with Gasteiger partial charge in [-0.3, -0.25) is 4.79 Å². The minimum Gasteiger partial charge on any atom is -0.295 e. The van der Waals surface area contributed by atoms with Gasteiger partial charge in [0, 0.05) is 23.1 Å². The zero-order valence-corrected chi connectivity index (χ0v) is 14.5. The van der Waals surface area contributed by atoms with Gasteiger partial charge in [-0.2, -0.15) is 0 Å². The number of ketones is 1. The molecule has 0 radical (unpaired) electrons. The molecule has 3 saturated carbocycles. The van der Waals surface area contributed by atoms with Gasteiger partial charge in [0.25, 0.3) is 5.92 Å². The average molecular weight is 373 g/mol. The lowest BCUT2D eigenvalue weighted by Gasteiger charge is -2.54. The molecule has 4 rings (SSSR count). The van der Waals surface area contributed by atoms with Gasteiger partial charge in [0.15, 0.2) is 5.78 Å². The molecule has 22 heavy (non-hydrogen) atoms. The predicted molar refractivity (Wildman–Crippen MR) is 85.1 cm³/mol. The Morgan fingerprint density at radius 2 is 1.95 bits per heavy atom. The van der Waals surface area contributed by atoms with Crippen molar-refractivity contribution in [3.05, 3.63) is 11.6 Å². The maximum atomic E-state index is 14.4. The Bertz CT molecular complexity index is 543. The summed E-state index contributed by atoms with van der Waals surface area (Å²) in [4.78, 5) is 12.0. The van der Waals surface area contributed by atoms with Gasteiger partial charge in [-0.1, -0.05) is 22.9 Å². The van der Waals surface area contributed by atoms with Gasteiger partial charge in [0.05, 0.1) is 0 Å². The molecule has 4 aliphatic carbocycles. The number of fused-ring (bicyclic) bond motifs is 5. The highest BCUT2D eigenvalue weighted by molar-refractivity contribution is 9.09. The molecule has 0 amide bonds. The normalized spacial score (nSPS) is 49.9. The Kier molecular flexibility index (Phi) is 3.39. The Labute approximate surface area is 139 Å². The van der Waals surface area contributed by atoms with Crippen molar-refractivity contribution >= 4 is 21.7 Å². The summed E-state index contributed by atoms with van der Waals surface area (Å²) >= 11 is 3.75. The fourth-order valence-corrected chi connectivity index (χ4v) is 6.98. The largest absolute Gasteiger partial charge is 0.295 e. The van der Waals surface area contributed by atoms with Crippen molar-refractivity contribution in [3.8, 4) is 0 Å². The lowest BCUT2D eigenvalue weighted by molar-refractivity contribution is -0.143. The second kappa shape index (κ2) is 4.87. The van der Waals surface area contributed by atoms with Crippen LogP contribution in [-0.2, 0) is 4.79 Å². The first-order valence-electron chi connectivity index (χ1n) is 8.60. The number of rotatable bonds is 0. The number of alkyl halides is 3. The fourth-order valence-electron chi connectivity index (χ4n) is 6.07. The molecule has 0 aromatic heterocycles. The van der Waals surface area contributed by atoms with Crippen molar-refractivity contribution in [1.29, 1.82) is 0 Å². The number of halogens is 3. The van der Waals surface area contributed by atoms with Crippen LogP contribution in [0.15, 0.2) is 11.6 Å². The quantitative estimate of drug-likeness (QED) is 0.538. The van der Waals surface area contributed by atoms with Crippen LogP contribution < -0.4 is 0 Å². The van der Waals surface area contributed by atoms with E-state index in [1.165, 1.54) is 5.57 Å². The number of carbonyl (C=O) groups excluding carboxylic acids is 1. The summed E-state index contributed by atoms with van der Waals surface area (Å²) in [6, 6.07) is 0. The maximum Gasteiger partial charge on any atom is 0.253 e. The average Bonchev–Trinajstić information content (AvgIpc) is 2.70. The van der Waals surface area contributed by atoms with Crippen LogP contribution in [0.4, 0.5) is 8.78 Å². The highest BCUT2D eigenvalue weighted by atomic mass is 79.9. The zero-order valence-electron chi connectivity index (χ0n) is 13.0.